The number of rotatable bonds is 1. The molecule has 15 heavy (non-hydrogen) atoms. The number of benzene rings is 1. The van der Waals surface area contributed by atoms with Gasteiger partial charge in [0, 0.05) is 24.2 Å². The fourth-order valence-electron chi connectivity index (χ4n) is 1.79. The van der Waals surface area contributed by atoms with Crippen LogP contribution in [0.25, 0.3) is 10.9 Å². The molecule has 1 heterocycles. The molecule has 0 saturated carbocycles. The van der Waals surface area contributed by atoms with E-state index in [0.717, 1.165) is 16.5 Å². The van der Waals surface area contributed by atoms with Crippen LogP contribution in [0.2, 0.25) is 10.0 Å². The van der Waals surface area contributed by atoms with Gasteiger partial charge in [0.1, 0.15) is 0 Å². The highest BCUT2D eigenvalue weighted by atomic mass is 35.5. The largest absolute Gasteiger partial charge is 0.389 e. The van der Waals surface area contributed by atoms with Crippen LogP contribution in [0.5, 0.6) is 0 Å². The normalized spacial score (nSPS) is 13.4. The van der Waals surface area contributed by atoms with E-state index in [1.165, 1.54) is 0 Å². The number of nitrogens with zero attached hydrogens (tertiary/aromatic N) is 1. The minimum atomic E-state index is -0.508. The number of aliphatic hydroxyl groups excluding tert-OH is 1. The summed E-state index contributed by atoms with van der Waals surface area (Å²) in [5.41, 5.74) is 1.73. The molecule has 0 radical (unpaired) electrons. The third-order valence-corrected chi connectivity index (χ3v) is 3.31. The Morgan fingerprint density at radius 3 is 2.60 bits per heavy atom. The molecule has 1 aromatic heterocycles. The van der Waals surface area contributed by atoms with Crippen LogP contribution in [0, 0.1) is 0 Å². The van der Waals surface area contributed by atoms with Gasteiger partial charge < -0.3 is 9.67 Å². The average molecular weight is 244 g/mol. The van der Waals surface area contributed by atoms with Gasteiger partial charge in [0.15, 0.2) is 0 Å². The second kappa shape index (κ2) is 3.71. The fourth-order valence-corrected chi connectivity index (χ4v) is 2.24. The second-order valence-corrected chi connectivity index (χ2v) is 4.41. The van der Waals surface area contributed by atoms with E-state index in [2.05, 4.69) is 0 Å². The molecule has 1 unspecified atom stereocenters. The standard InChI is InChI=1S/C11H11Cl2NO/c1-6(15)8-5-14(2)11-7(8)3-4-9(12)10(11)13/h3-6,15H,1-2H3. The summed E-state index contributed by atoms with van der Waals surface area (Å²) in [5.74, 6) is 0. The van der Waals surface area contributed by atoms with Gasteiger partial charge in [0.25, 0.3) is 0 Å². The van der Waals surface area contributed by atoms with Crippen LogP contribution in [-0.4, -0.2) is 9.67 Å². The highest BCUT2D eigenvalue weighted by Gasteiger charge is 2.14. The number of fused-ring (bicyclic) bond motifs is 1. The Labute approximate surface area is 98.0 Å². The lowest BCUT2D eigenvalue weighted by atomic mass is 10.1. The molecule has 4 heteroatoms. The van der Waals surface area contributed by atoms with Crippen LogP contribution in [0.1, 0.15) is 18.6 Å². The summed E-state index contributed by atoms with van der Waals surface area (Å²) >= 11 is 12.1. The van der Waals surface area contributed by atoms with Crippen molar-refractivity contribution in [2.75, 3.05) is 0 Å². The zero-order valence-electron chi connectivity index (χ0n) is 8.46. The van der Waals surface area contributed by atoms with Crippen molar-refractivity contribution in [2.45, 2.75) is 13.0 Å². The van der Waals surface area contributed by atoms with Crippen molar-refractivity contribution in [1.82, 2.24) is 4.57 Å². The van der Waals surface area contributed by atoms with Crippen LogP contribution < -0.4 is 0 Å². The van der Waals surface area contributed by atoms with Crippen molar-refractivity contribution >= 4 is 34.1 Å². The van der Waals surface area contributed by atoms with Crippen molar-refractivity contribution < 1.29 is 5.11 Å². The van der Waals surface area contributed by atoms with E-state index >= 15 is 0 Å². The molecule has 1 N–H and O–H groups in total. The van der Waals surface area contributed by atoms with Gasteiger partial charge in [-0.25, -0.2) is 0 Å². The molecule has 1 aromatic carbocycles. The summed E-state index contributed by atoms with van der Waals surface area (Å²) in [7, 11) is 1.89. The Morgan fingerprint density at radius 2 is 2.00 bits per heavy atom. The predicted octanol–water partition coefficient (Wildman–Crippen LogP) is 3.54. The summed E-state index contributed by atoms with van der Waals surface area (Å²) in [6, 6.07) is 3.63. The van der Waals surface area contributed by atoms with Crippen molar-refractivity contribution in [3.8, 4) is 0 Å². The lowest BCUT2D eigenvalue weighted by Crippen LogP contribution is -1.88. The van der Waals surface area contributed by atoms with Gasteiger partial charge in [-0.05, 0) is 13.0 Å². The van der Waals surface area contributed by atoms with Crippen molar-refractivity contribution in [3.05, 3.63) is 33.9 Å². The second-order valence-electron chi connectivity index (χ2n) is 3.63. The SMILES string of the molecule is CC(O)c1cn(C)c2c(Cl)c(Cl)ccc12. The maximum absolute atomic E-state index is 9.61. The van der Waals surface area contributed by atoms with E-state index in [9.17, 15) is 5.11 Å². The third kappa shape index (κ3) is 1.63. The smallest absolute Gasteiger partial charge is 0.0835 e. The molecule has 0 spiro atoms. The Kier molecular flexibility index (Phi) is 2.67. The Hall–Kier alpha value is -0.700. The van der Waals surface area contributed by atoms with Gasteiger partial charge in [-0.2, -0.15) is 0 Å². The number of aliphatic hydroxyl groups is 1. The Balaban J connectivity index is 2.86. The van der Waals surface area contributed by atoms with Gasteiger partial charge in [-0.1, -0.05) is 29.3 Å². The van der Waals surface area contributed by atoms with Gasteiger partial charge in [-0.15, -0.1) is 0 Å². The quantitative estimate of drug-likeness (QED) is 0.815. The van der Waals surface area contributed by atoms with Crippen LogP contribution in [0.3, 0.4) is 0 Å². The Morgan fingerprint density at radius 1 is 1.33 bits per heavy atom. The topological polar surface area (TPSA) is 25.2 Å². The van der Waals surface area contributed by atoms with E-state index < -0.39 is 6.10 Å². The number of aromatic nitrogens is 1. The molecule has 0 aliphatic heterocycles. The number of hydrogen-bond donors (Lipinski definition) is 1. The van der Waals surface area contributed by atoms with Gasteiger partial charge in [0.2, 0.25) is 0 Å². The molecule has 0 fully saturated rings. The van der Waals surface area contributed by atoms with E-state index in [0.29, 0.717) is 10.0 Å². The van der Waals surface area contributed by atoms with Crippen LogP contribution in [0.4, 0.5) is 0 Å². The van der Waals surface area contributed by atoms with Crippen molar-refractivity contribution in [3.63, 3.8) is 0 Å². The molecule has 2 nitrogen and oxygen atoms in total. The first-order chi connectivity index (χ1) is 7.02. The molecule has 0 amide bonds. The van der Waals surface area contributed by atoms with Gasteiger partial charge in [0.05, 0.1) is 21.7 Å². The molecule has 2 aromatic rings. The molecule has 0 bridgehead atoms. The molecule has 2 rings (SSSR count). The van der Waals surface area contributed by atoms with Crippen LogP contribution >= 0.6 is 23.2 Å². The maximum Gasteiger partial charge on any atom is 0.0835 e. The van der Waals surface area contributed by atoms with Crippen LogP contribution in [0.15, 0.2) is 18.3 Å². The van der Waals surface area contributed by atoms with E-state index in [1.54, 1.807) is 13.0 Å². The minimum absolute atomic E-state index is 0.508. The molecule has 0 aliphatic rings. The zero-order chi connectivity index (χ0) is 11.2. The van der Waals surface area contributed by atoms with Gasteiger partial charge in [-0.3, -0.25) is 0 Å². The zero-order valence-corrected chi connectivity index (χ0v) is 9.97. The lowest BCUT2D eigenvalue weighted by Gasteiger charge is -2.03. The maximum atomic E-state index is 9.61. The molecular weight excluding hydrogens is 233 g/mol. The summed E-state index contributed by atoms with van der Waals surface area (Å²) in [6.07, 6.45) is 1.36. The first-order valence-corrected chi connectivity index (χ1v) is 5.39. The first-order valence-electron chi connectivity index (χ1n) is 4.63. The molecular formula is C11H11Cl2NO. The fraction of sp³-hybridized carbons (Fsp3) is 0.273. The molecule has 1 atom stereocenters. The molecule has 0 saturated heterocycles. The number of aryl methyl sites for hydroxylation is 1. The van der Waals surface area contributed by atoms with E-state index in [4.69, 9.17) is 23.2 Å². The monoisotopic (exact) mass is 243 g/mol. The summed E-state index contributed by atoms with van der Waals surface area (Å²) in [6.45, 7) is 1.73. The van der Waals surface area contributed by atoms with Crippen molar-refractivity contribution in [2.24, 2.45) is 7.05 Å². The predicted molar refractivity (Wildman–Crippen MR) is 63.6 cm³/mol. The highest BCUT2D eigenvalue weighted by molar-refractivity contribution is 6.45. The molecule has 80 valence electrons. The summed E-state index contributed by atoms with van der Waals surface area (Å²) < 4.78 is 1.88. The number of hydrogen-bond acceptors (Lipinski definition) is 1. The summed E-state index contributed by atoms with van der Waals surface area (Å²) in [4.78, 5) is 0. The Bertz CT molecular complexity index is 517. The van der Waals surface area contributed by atoms with Gasteiger partial charge >= 0.3 is 0 Å². The number of halogens is 2. The lowest BCUT2D eigenvalue weighted by molar-refractivity contribution is 0.200. The van der Waals surface area contributed by atoms with E-state index in [-0.39, 0.29) is 0 Å². The highest BCUT2D eigenvalue weighted by Crippen LogP contribution is 2.35. The summed E-state index contributed by atoms with van der Waals surface area (Å²) in [5, 5.41) is 11.6. The van der Waals surface area contributed by atoms with E-state index in [1.807, 2.05) is 23.9 Å². The van der Waals surface area contributed by atoms with Crippen molar-refractivity contribution in [1.29, 1.82) is 0 Å². The average Bonchev–Trinajstić information content (AvgIpc) is 2.50. The first kappa shape index (κ1) is 10.8. The minimum Gasteiger partial charge on any atom is -0.389 e. The third-order valence-electron chi connectivity index (χ3n) is 2.52. The van der Waals surface area contributed by atoms with Crippen LogP contribution in [-0.2, 0) is 7.05 Å². The molecule has 0 aliphatic carbocycles.